The fourth-order valence-corrected chi connectivity index (χ4v) is 1.62. The molecule has 0 saturated carbocycles. The number of halogens is 3. The van der Waals surface area contributed by atoms with E-state index in [0.717, 1.165) is 0 Å². The molecule has 1 rings (SSSR count). The molecule has 6 heteroatoms. The third-order valence-electron chi connectivity index (χ3n) is 2.74. The molecule has 0 aliphatic carbocycles. The average molecular weight is 288 g/mol. The number of hydrogen-bond donors (Lipinski definition) is 0. The Morgan fingerprint density at radius 1 is 1.30 bits per heavy atom. The Morgan fingerprint density at radius 3 is 2.40 bits per heavy atom. The minimum atomic E-state index is -4.72. The van der Waals surface area contributed by atoms with E-state index in [9.17, 15) is 22.8 Å². The van der Waals surface area contributed by atoms with Gasteiger partial charge in [-0.05, 0) is 12.0 Å². The largest absolute Gasteiger partial charge is 0.460 e. The van der Waals surface area contributed by atoms with E-state index in [-0.39, 0.29) is 6.61 Å². The molecule has 20 heavy (non-hydrogen) atoms. The number of ether oxygens (including phenoxy) is 1. The molecule has 0 aromatic heterocycles. The molecule has 0 aliphatic rings. The number of hydrogen-bond acceptors (Lipinski definition) is 3. The van der Waals surface area contributed by atoms with Crippen LogP contribution in [0.3, 0.4) is 0 Å². The van der Waals surface area contributed by atoms with Crippen molar-refractivity contribution in [3.63, 3.8) is 0 Å². The summed E-state index contributed by atoms with van der Waals surface area (Å²) in [4.78, 5) is 22.0. The number of carbonyl (C=O) groups is 2. The lowest BCUT2D eigenvalue weighted by Crippen LogP contribution is -2.33. The fourth-order valence-electron chi connectivity index (χ4n) is 1.62. The van der Waals surface area contributed by atoms with Crippen LogP contribution in [0.4, 0.5) is 13.2 Å². The van der Waals surface area contributed by atoms with E-state index in [0.29, 0.717) is 11.8 Å². The Kier molecular flexibility index (Phi) is 5.73. The molecule has 0 radical (unpaired) electrons. The van der Waals surface area contributed by atoms with Crippen LogP contribution in [0.2, 0.25) is 0 Å². The molecule has 0 N–H and O–H groups in total. The number of aldehydes is 1. The maximum Gasteiger partial charge on any atom is 0.402 e. The van der Waals surface area contributed by atoms with Gasteiger partial charge in [0.25, 0.3) is 0 Å². The van der Waals surface area contributed by atoms with Crippen LogP contribution in [0.25, 0.3) is 0 Å². The molecule has 0 bridgehead atoms. The van der Waals surface area contributed by atoms with Crippen LogP contribution in [0.5, 0.6) is 0 Å². The number of carbonyl (C=O) groups excluding carboxylic acids is 2. The number of alkyl halides is 3. The quantitative estimate of drug-likeness (QED) is 0.596. The highest BCUT2D eigenvalue weighted by molar-refractivity contribution is 5.74. The van der Waals surface area contributed by atoms with E-state index in [1.54, 1.807) is 30.3 Å². The summed E-state index contributed by atoms with van der Waals surface area (Å²) in [6, 6.07) is 8.42. The summed E-state index contributed by atoms with van der Waals surface area (Å²) < 4.78 is 43.0. The average Bonchev–Trinajstić information content (AvgIpc) is 2.41. The van der Waals surface area contributed by atoms with Crippen LogP contribution in [0, 0.1) is 11.8 Å². The first-order valence-electron chi connectivity index (χ1n) is 6.07. The molecule has 1 aromatic carbocycles. The third-order valence-corrected chi connectivity index (χ3v) is 2.74. The Labute approximate surface area is 114 Å². The molecule has 0 fully saturated rings. The standard InChI is InChI=1S/C14H15F3O3/c1-10(8-18)7-12(14(15,16)17)13(19)20-9-11-5-3-2-4-6-11/h2-6,8,10,12H,7,9H2,1H3. The predicted molar refractivity (Wildman–Crippen MR) is 65.6 cm³/mol. The summed E-state index contributed by atoms with van der Waals surface area (Å²) in [5.41, 5.74) is 0.602. The van der Waals surface area contributed by atoms with Gasteiger partial charge < -0.3 is 9.53 Å². The second-order valence-electron chi connectivity index (χ2n) is 4.54. The van der Waals surface area contributed by atoms with Gasteiger partial charge in [0.15, 0.2) is 5.92 Å². The second-order valence-corrected chi connectivity index (χ2v) is 4.54. The summed E-state index contributed by atoms with van der Waals surface area (Å²) in [6.45, 7) is 1.11. The molecule has 1 aromatic rings. The van der Waals surface area contributed by atoms with Crippen LogP contribution in [-0.4, -0.2) is 18.4 Å². The lowest BCUT2D eigenvalue weighted by atomic mass is 9.96. The zero-order valence-corrected chi connectivity index (χ0v) is 10.9. The topological polar surface area (TPSA) is 43.4 Å². The van der Waals surface area contributed by atoms with E-state index >= 15 is 0 Å². The monoisotopic (exact) mass is 288 g/mol. The summed E-state index contributed by atoms with van der Waals surface area (Å²) >= 11 is 0. The Hall–Kier alpha value is -1.85. The molecule has 2 atom stereocenters. The Bertz CT molecular complexity index is 443. The van der Waals surface area contributed by atoms with Crippen LogP contribution in [0.1, 0.15) is 18.9 Å². The Balaban J connectivity index is 2.66. The molecule has 0 heterocycles. The number of benzene rings is 1. The highest BCUT2D eigenvalue weighted by atomic mass is 19.4. The van der Waals surface area contributed by atoms with Crippen LogP contribution in [0.15, 0.2) is 30.3 Å². The van der Waals surface area contributed by atoms with E-state index in [1.165, 1.54) is 6.92 Å². The minimum Gasteiger partial charge on any atom is -0.460 e. The maximum atomic E-state index is 12.8. The molecular weight excluding hydrogens is 273 g/mol. The van der Waals surface area contributed by atoms with Crippen LogP contribution >= 0.6 is 0 Å². The van der Waals surface area contributed by atoms with Gasteiger partial charge in [-0.15, -0.1) is 0 Å². The molecular formula is C14H15F3O3. The summed E-state index contributed by atoms with van der Waals surface area (Å²) in [5, 5.41) is 0. The SMILES string of the molecule is CC(C=O)CC(C(=O)OCc1ccccc1)C(F)(F)F. The van der Waals surface area contributed by atoms with Crippen molar-refractivity contribution in [2.75, 3.05) is 0 Å². The van der Waals surface area contributed by atoms with E-state index in [2.05, 4.69) is 4.74 Å². The fraction of sp³-hybridized carbons (Fsp3) is 0.429. The van der Waals surface area contributed by atoms with Crippen molar-refractivity contribution in [1.29, 1.82) is 0 Å². The first-order chi connectivity index (χ1) is 9.34. The molecule has 3 nitrogen and oxygen atoms in total. The van der Waals surface area contributed by atoms with Crippen molar-refractivity contribution in [2.45, 2.75) is 26.1 Å². The van der Waals surface area contributed by atoms with Gasteiger partial charge in [0.05, 0.1) is 0 Å². The van der Waals surface area contributed by atoms with Crippen molar-refractivity contribution in [3.8, 4) is 0 Å². The van der Waals surface area contributed by atoms with Crippen LogP contribution in [-0.2, 0) is 20.9 Å². The van der Waals surface area contributed by atoms with Gasteiger partial charge in [-0.3, -0.25) is 4.79 Å². The lowest BCUT2D eigenvalue weighted by Gasteiger charge is -2.20. The number of rotatable bonds is 6. The highest BCUT2D eigenvalue weighted by Crippen LogP contribution is 2.32. The first kappa shape index (κ1) is 16.2. The molecule has 0 amide bonds. The van der Waals surface area contributed by atoms with Gasteiger partial charge in [0.1, 0.15) is 12.9 Å². The minimum absolute atomic E-state index is 0.221. The lowest BCUT2D eigenvalue weighted by molar-refractivity contribution is -0.201. The molecule has 110 valence electrons. The van der Waals surface area contributed by atoms with Crippen molar-refractivity contribution in [2.24, 2.45) is 11.8 Å². The molecule has 2 unspecified atom stereocenters. The van der Waals surface area contributed by atoms with Gasteiger partial charge in [-0.2, -0.15) is 13.2 Å². The van der Waals surface area contributed by atoms with E-state index in [1.807, 2.05) is 0 Å². The van der Waals surface area contributed by atoms with Gasteiger partial charge in [-0.1, -0.05) is 37.3 Å². The van der Waals surface area contributed by atoms with Gasteiger partial charge in [-0.25, -0.2) is 0 Å². The predicted octanol–water partition coefficient (Wildman–Crippen LogP) is 3.13. The highest BCUT2D eigenvalue weighted by Gasteiger charge is 2.46. The van der Waals surface area contributed by atoms with Gasteiger partial charge in [0.2, 0.25) is 0 Å². The molecule has 0 saturated heterocycles. The zero-order chi connectivity index (χ0) is 15.2. The smallest absolute Gasteiger partial charge is 0.402 e. The second kappa shape index (κ2) is 7.07. The van der Waals surface area contributed by atoms with Crippen molar-refractivity contribution in [3.05, 3.63) is 35.9 Å². The molecule has 0 aliphatic heterocycles. The van der Waals surface area contributed by atoms with Crippen molar-refractivity contribution < 1.29 is 27.5 Å². The van der Waals surface area contributed by atoms with Crippen LogP contribution < -0.4 is 0 Å². The summed E-state index contributed by atoms with van der Waals surface area (Å²) in [5.74, 6) is -4.48. The third kappa shape index (κ3) is 5.03. The Morgan fingerprint density at radius 2 is 1.90 bits per heavy atom. The molecule has 0 spiro atoms. The summed E-state index contributed by atoms with van der Waals surface area (Å²) in [6.07, 6.45) is -4.92. The van der Waals surface area contributed by atoms with Gasteiger partial charge >= 0.3 is 12.1 Å². The van der Waals surface area contributed by atoms with E-state index < -0.39 is 30.4 Å². The van der Waals surface area contributed by atoms with Gasteiger partial charge in [0, 0.05) is 5.92 Å². The normalized spacial score (nSPS) is 14.4. The van der Waals surface area contributed by atoms with E-state index in [4.69, 9.17) is 0 Å². The maximum absolute atomic E-state index is 12.8. The van der Waals surface area contributed by atoms with Crippen molar-refractivity contribution >= 4 is 12.3 Å². The van der Waals surface area contributed by atoms with Crippen molar-refractivity contribution in [1.82, 2.24) is 0 Å². The first-order valence-corrected chi connectivity index (χ1v) is 6.07. The summed E-state index contributed by atoms with van der Waals surface area (Å²) in [7, 11) is 0. The zero-order valence-electron chi connectivity index (χ0n) is 10.9. The number of esters is 1.